The second-order valence-corrected chi connectivity index (χ2v) is 8.70. The van der Waals surface area contributed by atoms with Crippen LogP contribution in [-0.2, 0) is 6.61 Å². The van der Waals surface area contributed by atoms with Crippen molar-refractivity contribution in [1.29, 1.82) is 0 Å². The Morgan fingerprint density at radius 1 is 0.857 bits per heavy atom. The van der Waals surface area contributed by atoms with Gasteiger partial charge in [0.05, 0.1) is 5.69 Å². The molecule has 0 spiro atoms. The highest BCUT2D eigenvalue weighted by Gasteiger charge is 2.11. The SMILES string of the molecule is CC(C)c1ccc(-n2nc3ccc(NC(=O)c4cccc(OCc5ccccc5)c4)cc3n2)cc1. The van der Waals surface area contributed by atoms with Gasteiger partial charge in [0.1, 0.15) is 23.4 Å². The van der Waals surface area contributed by atoms with Gasteiger partial charge in [-0.2, -0.15) is 4.80 Å². The van der Waals surface area contributed by atoms with Crippen LogP contribution in [-0.4, -0.2) is 20.9 Å². The van der Waals surface area contributed by atoms with Crippen LogP contribution >= 0.6 is 0 Å². The second kappa shape index (κ2) is 9.81. The quantitative estimate of drug-likeness (QED) is 0.305. The van der Waals surface area contributed by atoms with Gasteiger partial charge >= 0.3 is 0 Å². The number of carbonyl (C=O) groups excluding carboxylic acids is 1. The fraction of sp³-hybridized carbons (Fsp3) is 0.138. The van der Waals surface area contributed by atoms with E-state index in [1.165, 1.54) is 5.56 Å². The molecule has 4 aromatic carbocycles. The first-order valence-electron chi connectivity index (χ1n) is 11.6. The lowest BCUT2D eigenvalue weighted by Crippen LogP contribution is -2.12. The van der Waals surface area contributed by atoms with Crippen LogP contribution in [0.1, 0.15) is 41.3 Å². The molecule has 0 saturated carbocycles. The van der Waals surface area contributed by atoms with E-state index < -0.39 is 0 Å². The Bertz CT molecular complexity index is 1460. The lowest BCUT2D eigenvalue weighted by atomic mass is 10.0. The molecule has 0 unspecified atom stereocenters. The van der Waals surface area contributed by atoms with Gasteiger partial charge in [-0.1, -0.05) is 62.4 Å². The highest BCUT2D eigenvalue weighted by atomic mass is 16.5. The summed E-state index contributed by atoms with van der Waals surface area (Å²) in [7, 11) is 0. The highest BCUT2D eigenvalue weighted by Crippen LogP contribution is 2.21. The summed E-state index contributed by atoms with van der Waals surface area (Å²) < 4.78 is 5.85. The minimum atomic E-state index is -0.217. The van der Waals surface area contributed by atoms with Crippen molar-refractivity contribution in [3.05, 3.63) is 114 Å². The van der Waals surface area contributed by atoms with Gasteiger partial charge in [-0.15, -0.1) is 10.2 Å². The lowest BCUT2D eigenvalue weighted by molar-refractivity contribution is 0.102. The van der Waals surface area contributed by atoms with Crippen molar-refractivity contribution < 1.29 is 9.53 Å². The minimum Gasteiger partial charge on any atom is -0.489 e. The van der Waals surface area contributed by atoms with Gasteiger partial charge in [0.15, 0.2) is 0 Å². The molecule has 6 nitrogen and oxygen atoms in total. The van der Waals surface area contributed by atoms with Crippen LogP contribution in [0.15, 0.2) is 97.1 Å². The number of aromatic nitrogens is 3. The van der Waals surface area contributed by atoms with Crippen molar-refractivity contribution in [2.75, 3.05) is 5.32 Å². The predicted molar refractivity (Wildman–Crippen MR) is 138 cm³/mol. The molecule has 0 bridgehead atoms. The monoisotopic (exact) mass is 462 g/mol. The van der Waals surface area contributed by atoms with Crippen LogP contribution < -0.4 is 10.1 Å². The molecular weight excluding hydrogens is 436 g/mol. The Morgan fingerprint density at radius 3 is 2.40 bits per heavy atom. The summed E-state index contributed by atoms with van der Waals surface area (Å²) >= 11 is 0. The molecule has 0 radical (unpaired) electrons. The minimum absolute atomic E-state index is 0.217. The largest absolute Gasteiger partial charge is 0.489 e. The lowest BCUT2D eigenvalue weighted by Gasteiger charge is -2.09. The smallest absolute Gasteiger partial charge is 0.255 e. The van der Waals surface area contributed by atoms with E-state index in [9.17, 15) is 4.79 Å². The third kappa shape index (κ3) is 5.22. The van der Waals surface area contributed by atoms with Crippen LogP contribution in [0, 0.1) is 0 Å². The molecule has 1 N–H and O–H groups in total. The summed E-state index contributed by atoms with van der Waals surface area (Å²) in [4.78, 5) is 14.5. The molecule has 1 amide bonds. The normalized spacial score (nSPS) is 11.1. The summed E-state index contributed by atoms with van der Waals surface area (Å²) in [6.45, 7) is 4.77. The van der Waals surface area contributed by atoms with Gasteiger partial charge in [0.2, 0.25) is 0 Å². The Kier molecular flexibility index (Phi) is 6.26. The van der Waals surface area contributed by atoms with Crippen molar-refractivity contribution in [2.45, 2.75) is 26.4 Å². The van der Waals surface area contributed by atoms with Gasteiger partial charge in [0, 0.05) is 11.3 Å². The number of ether oxygens (including phenoxy) is 1. The fourth-order valence-electron chi connectivity index (χ4n) is 3.77. The Hall–Kier alpha value is -4.45. The summed E-state index contributed by atoms with van der Waals surface area (Å²) in [5.41, 5.74) is 5.86. The maximum absolute atomic E-state index is 12.9. The zero-order chi connectivity index (χ0) is 24.2. The van der Waals surface area contributed by atoms with E-state index in [1.807, 2.05) is 72.8 Å². The van der Waals surface area contributed by atoms with E-state index in [4.69, 9.17) is 4.74 Å². The first-order valence-corrected chi connectivity index (χ1v) is 11.6. The molecule has 6 heteroatoms. The molecule has 5 aromatic rings. The van der Waals surface area contributed by atoms with E-state index in [-0.39, 0.29) is 5.91 Å². The molecule has 0 aliphatic rings. The molecular formula is C29H26N4O2. The summed E-state index contributed by atoms with van der Waals surface area (Å²) in [5, 5.41) is 12.1. The average Bonchev–Trinajstić information content (AvgIpc) is 3.32. The number of fused-ring (bicyclic) bond motifs is 1. The van der Waals surface area contributed by atoms with E-state index in [2.05, 4.69) is 41.5 Å². The molecule has 174 valence electrons. The molecule has 1 heterocycles. The molecule has 0 saturated heterocycles. The summed E-state index contributed by atoms with van der Waals surface area (Å²) in [6.07, 6.45) is 0. The van der Waals surface area contributed by atoms with Crippen molar-refractivity contribution in [1.82, 2.24) is 15.0 Å². The predicted octanol–water partition coefficient (Wildman–Crippen LogP) is 6.38. The fourth-order valence-corrected chi connectivity index (χ4v) is 3.77. The number of nitrogens with one attached hydrogen (secondary N) is 1. The molecule has 0 fully saturated rings. The second-order valence-electron chi connectivity index (χ2n) is 8.70. The molecule has 0 aliphatic carbocycles. The van der Waals surface area contributed by atoms with Crippen LogP contribution in [0.25, 0.3) is 16.7 Å². The average molecular weight is 463 g/mol. The molecule has 0 atom stereocenters. The van der Waals surface area contributed by atoms with Crippen molar-refractivity contribution in [2.24, 2.45) is 0 Å². The standard InChI is InChI=1S/C29H26N4O2/c1-20(2)22-11-14-25(15-12-22)33-31-27-16-13-24(18-28(27)32-33)30-29(34)23-9-6-10-26(17-23)35-19-21-7-4-3-5-8-21/h3-18,20H,19H2,1-2H3,(H,30,34). The molecule has 5 rings (SSSR count). The number of carbonyl (C=O) groups is 1. The number of nitrogens with zero attached hydrogens (tertiary/aromatic N) is 3. The highest BCUT2D eigenvalue weighted by molar-refractivity contribution is 6.05. The van der Waals surface area contributed by atoms with Crippen molar-refractivity contribution >= 4 is 22.6 Å². The number of hydrogen-bond donors (Lipinski definition) is 1. The third-order valence-corrected chi connectivity index (χ3v) is 5.77. The Morgan fingerprint density at radius 2 is 1.63 bits per heavy atom. The van der Waals surface area contributed by atoms with Crippen molar-refractivity contribution in [3.63, 3.8) is 0 Å². The summed E-state index contributed by atoms with van der Waals surface area (Å²) in [6, 6.07) is 30.8. The zero-order valence-electron chi connectivity index (χ0n) is 19.7. The maximum atomic E-state index is 12.9. The van der Waals surface area contributed by atoms with Gasteiger partial charge in [-0.25, -0.2) is 0 Å². The van der Waals surface area contributed by atoms with Crippen molar-refractivity contribution in [3.8, 4) is 11.4 Å². The molecule has 1 aromatic heterocycles. The van der Waals surface area contributed by atoms with Gasteiger partial charge < -0.3 is 10.1 Å². The van der Waals surface area contributed by atoms with Crippen LogP contribution in [0.4, 0.5) is 5.69 Å². The van der Waals surface area contributed by atoms with Gasteiger partial charge in [-0.05, 0) is 65.6 Å². The number of amides is 1. The Balaban J connectivity index is 1.29. The van der Waals surface area contributed by atoms with E-state index in [1.54, 1.807) is 16.9 Å². The van der Waals surface area contributed by atoms with Crippen LogP contribution in [0.5, 0.6) is 5.75 Å². The first kappa shape index (κ1) is 22.3. The van der Waals surface area contributed by atoms with E-state index in [0.29, 0.717) is 35.0 Å². The summed E-state index contributed by atoms with van der Waals surface area (Å²) in [5.74, 6) is 0.894. The van der Waals surface area contributed by atoms with E-state index in [0.717, 1.165) is 16.8 Å². The van der Waals surface area contributed by atoms with Crippen LogP contribution in [0.2, 0.25) is 0 Å². The number of anilines is 1. The Labute approximate surface area is 204 Å². The van der Waals surface area contributed by atoms with Gasteiger partial charge in [0.25, 0.3) is 5.91 Å². The number of benzene rings is 4. The topological polar surface area (TPSA) is 69.0 Å². The van der Waals surface area contributed by atoms with Gasteiger partial charge in [-0.3, -0.25) is 4.79 Å². The molecule has 0 aliphatic heterocycles. The molecule has 35 heavy (non-hydrogen) atoms. The first-order chi connectivity index (χ1) is 17.0. The van der Waals surface area contributed by atoms with E-state index >= 15 is 0 Å². The zero-order valence-corrected chi connectivity index (χ0v) is 19.7. The maximum Gasteiger partial charge on any atom is 0.255 e. The third-order valence-electron chi connectivity index (χ3n) is 5.77. The number of hydrogen-bond acceptors (Lipinski definition) is 4. The number of rotatable bonds is 7. The van der Waals surface area contributed by atoms with Crippen LogP contribution in [0.3, 0.4) is 0 Å².